The van der Waals surface area contributed by atoms with Crippen LogP contribution in [0.15, 0.2) is 54.1 Å². The summed E-state index contributed by atoms with van der Waals surface area (Å²) in [6.07, 6.45) is 3.89. The molecule has 150 valence electrons. The first kappa shape index (κ1) is 17.5. The Bertz CT molecular complexity index is 958. The second kappa shape index (κ2) is 6.87. The average molecular weight is 390 g/mol. The van der Waals surface area contributed by atoms with E-state index in [0.29, 0.717) is 6.04 Å². The zero-order chi connectivity index (χ0) is 19.4. The van der Waals surface area contributed by atoms with Crippen molar-refractivity contribution in [2.45, 2.75) is 43.5 Å². The van der Waals surface area contributed by atoms with Crippen molar-refractivity contribution in [3.63, 3.8) is 0 Å². The Hall–Kier alpha value is -2.34. The summed E-state index contributed by atoms with van der Waals surface area (Å²) < 4.78 is 11.2. The number of hydrogen-bond acceptors (Lipinski definition) is 5. The van der Waals surface area contributed by atoms with Gasteiger partial charge in [-0.1, -0.05) is 42.0 Å². The van der Waals surface area contributed by atoms with E-state index >= 15 is 0 Å². The summed E-state index contributed by atoms with van der Waals surface area (Å²) in [5, 5.41) is 15.0. The molecule has 2 aromatic rings. The molecule has 3 heterocycles. The van der Waals surface area contributed by atoms with E-state index in [2.05, 4.69) is 52.7 Å². The van der Waals surface area contributed by atoms with Crippen LogP contribution < -0.4 is 14.8 Å². The van der Waals surface area contributed by atoms with E-state index in [1.165, 1.54) is 22.3 Å². The van der Waals surface area contributed by atoms with Crippen molar-refractivity contribution >= 4 is 0 Å². The molecule has 1 unspecified atom stereocenters. The summed E-state index contributed by atoms with van der Waals surface area (Å²) >= 11 is 0. The maximum Gasteiger partial charge on any atom is 0.231 e. The van der Waals surface area contributed by atoms with E-state index in [9.17, 15) is 5.11 Å². The summed E-state index contributed by atoms with van der Waals surface area (Å²) in [4.78, 5) is 2.52. The number of nitrogens with one attached hydrogen (secondary N) is 1. The minimum atomic E-state index is -0.459. The number of benzene rings is 2. The highest BCUT2D eigenvalue weighted by atomic mass is 16.7. The van der Waals surface area contributed by atoms with Crippen LogP contribution in [0.4, 0.5) is 0 Å². The fourth-order valence-corrected chi connectivity index (χ4v) is 5.58. The molecule has 29 heavy (non-hydrogen) atoms. The molecule has 3 aliphatic heterocycles. The van der Waals surface area contributed by atoms with Crippen molar-refractivity contribution in [2.24, 2.45) is 0 Å². The summed E-state index contributed by atoms with van der Waals surface area (Å²) in [6, 6.07) is 15.0. The molecule has 5 heteroatoms. The largest absolute Gasteiger partial charge is 0.454 e. The minimum absolute atomic E-state index is 0.0220. The van der Waals surface area contributed by atoms with Gasteiger partial charge in [0.25, 0.3) is 0 Å². The topological polar surface area (TPSA) is 54.0 Å². The number of rotatable bonds is 4. The number of aliphatic hydroxyl groups is 1. The van der Waals surface area contributed by atoms with Gasteiger partial charge in [0.05, 0.1) is 12.1 Å². The molecule has 0 bridgehead atoms. The fraction of sp³-hybridized carbons (Fsp3) is 0.417. The normalized spacial score (nSPS) is 29.3. The fourth-order valence-electron chi connectivity index (χ4n) is 5.58. The number of nitrogens with zero attached hydrogens (tertiary/aromatic N) is 1. The lowest BCUT2D eigenvalue weighted by Crippen LogP contribution is -2.53. The van der Waals surface area contributed by atoms with Crippen LogP contribution in [0.2, 0.25) is 0 Å². The molecule has 6 rings (SSSR count). The first-order chi connectivity index (χ1) is 14.3. The Morgan fingerprint density at radius 3 is 2.79 bits per heavy atom. The van der Waals surface area contributed by atoms with Gasteiger partial charge >= 0.3 is 0 Å². The van der Waals surface area contributed by atoms with E-state index in [4.69, 9.17) is 9.47 Å². The third kappa shape index (κ3) is 2.88. The van der Waals surface area contributed by atoms with E-state index < -0.39 is 6.10 Å². The highest BCUT2D eigenvalue weighted by molar-refractivity contribution is 5.53. The number of aliphatic hydroxyl groups excluding tert-OH is 1. The van der Waals surface area contributed by atoms with E-state index in [-0.39, 0.29) is 18.8 Å². The number of fused-ring (bicyclic) bond motifs is 3. The molecule has 4 aliphatic rings. The summed E-state index contributed by atoms with van der Waals surface area (Å²) in [6.45, 7) is 3.12. The van der Waals surface area contributed by atoms with Crippen molar-refractivity contribution in [3.8, 4) is 11.5 Å². The van der Waals surface area contributed by atoms with Gasteiger partial charge in [0.2, 0.25) is 6.79 Å². The quantitative estimate of drug-likeness (QED) is 0.786. The molecule has 2 aromatic carbocycles. The maximum absolute atomic E-state index is 11.4. The Kier molecular flexibility index (Phi) is 4.15. The highest BCUT2D eigenvalue weighted by Crippen LogP contribution is 2.49. The van der Waals surface area contributed by atoms with Crippen LogP contribution in [-0.2, 0) is 13.0 Å². The van der Waals surface area contributed by atoms with Crippen LogP contribution in [0.1, 0.15) is 29.0 Å². The molecule has 1 saturated heterocycles. The zero-order valence-electron chi connectivity index (χ0n) is 16.4. The van der Waals surface area contributed by atoms with Gasteiger partial charge in [-0.2, -0.15) is 0 Å². The van der Waals surface area contributed by atoms with Gasteiger partial charge < -0.3 is 19.9 Å². The molecule has 0 aromatic heterocycles. The summed E-state index contributed by atoms with van der Waals surface area (Å²) in [5.74, 6) is 1.72. The Morgan fingerprint density at radius 2 is 1.93 bits per heavy atom. The van der Waals surface area contributed by atoms with Gasteiger partial charge in [-0.15, -0.1) is 0 Å². The second-order valence-corrected chi connectivity index (χ2v) is 8.54. The van der Waals surface area contributed by atoms with Crippen LogP contribution in [0.25, 0.3) is 0 Å². The molecule has 2 N–H and O–H groups in total. The number of ether oxygens (including phenoxy) is 2. The van der Waals surface area contributed by atoms with Crippen molar-refractivity contribution < 1.29 is 14.6 Å². The van der Waals surface area contributed by atoms with Crippen LogP contribution in [0.5, 0.6) is 11.5 Å². The monoisotopic (exact) mass is 390 g/mol. The van der Waals surface area contributed by atoms with Gasteiger partial charge in [-0.05, 0) is 48.2 Å². The van der Waals surface area contributed by atoms with E-state index in [1.807, 2.05) is 6.07 Å². The smallest absolute Gasteiger partial charge is 0.231 e. The molecular weight excluding hydrogens is 364 g/mol. The van der Waals surface area contributed by atoms with E-state index in [0.717, 1.165) is 44.0 Å². The Balaban J connectivity index is 1.28. The lowest BCUT2D eigenvalue weighted by molar-refractivity contribution is 0.0624. The molecule has 4 atom stereocenters. The van der Waals surface area contributed by atoms with E-state index in [1.54, 1.807) is 0 Å². The van der Waals surface area contributed by atoms with Crippen LogP contribution in [0, 0.1) is 0 Å². The molecule has 0 amide bonds. The van der Waals surface area contributed by atoms with Crippen molar-refractivity contribution in [1.29, 1.82) is 0 Å². The highest BCUT2D eigenvalue weighted by Gasteiger charge is 2.48. The van der Waals surface area contributed by atoms with Gasteiger partial charge in [0, 0.05) is 25.0 Å². The molecule has 5 nitrogen and oxygen atoms in total. The molecular formula is C24H26N2O3. The molecule has 0 radical (unpaired) electrons. The zero-order valence-corrected chi connectivity index (χ0v) is 16.4. The lowest BCUT2D eigenvalue weighted by atomic mass is 9.72. The third-order valence-electron chi connectivity index (χ3n) is 6.93. The molecule has 0 spiro atoms. The predicted molar refractivity (Wildman–Crippen MR) is 110 cm³/mol. The molecule has 1 aliphatic carbocycles. The third-order valence-corrected chi connectivity index (χ3v) is 6.93. The standard InChI is InChI=1S/C24H26N2O3/c27-24-19(25-8-6-15-4-2-1-3-5-15)10-16-7-9-26-13-17-11-20-21(29-14-28-20)12-18(17)22(24)23(16)26/h1-5,10-12,19,22-25,27H,6-9,13-14H2/t19-,22-,23?,24+/m0/s1. The van der Waals surface area contributed by atoms with Crippen molar-refractivity contribution in [1.82, 2.24) is 10.2 Å². The first-order valence-electron chi connectivity index (χ1n) is 10.6. The Labute approximate surface area is 170 Å². The first-order valence-corrected chi connectivity index (χ1v) is 10.6. The summed E-state index contributed by atoms with van der Waals surface area (Å²) in [5.41, 5.74) is 5.28. The van der Waals surface area contributed by atoms with Crippen LogP contribution in [-0.4, -0.2) is 48.1 Å². The van der Waals surface area contributed by atoms with Crippen molar-refractivity contribution in [3.05, 3.63) is 70.8 Å². The summed E-state index contributed by atoms with van der Waals surface area (Å²) in [7, 11) is 0. The van der Waals surface area contributed by atoms with Gasteiger partial charge in [-0.25, -0.2) is 0 Å². The predicted octanol–water partition coefficient (Wildman–Crippen LogP) is 2.59. The number of hydrogen-bond donors (Lipinski definition) is 2. The second-order valence-electron chi connectivity index (χ2n) is 8.54. The van der Waals surface area contributed by atoms with Gasteiger partial charge in [0.15, 0.2) is 11.5 Å². The van der Waals surface area contributed by atoms with Gasteiger partial charge in [-0.3, -0.25) is 4.90 Å². The SMILES string of the molecule is O[C@@H]1[C@@H](NCCc2ccccc2)C=C2CCN3Cc4cc5c(cc4[C@H]1C23)OCO5. The average Bonchev–Trinajstić information content (AvgIpc) is 3.36. The maximum atomic E-state index is 11.4. The van der Waals surface area contributed by atoms with Crippen LogP contribution in [0.3, 0.4) is 0 Å². The minimum Gasteiger partial charge on any atom is -0.454 e. The molecule has 0 saturated carbocycles. The van der Waals surface area contributed by atoms with Crippen molar-refractivity contribution in [2.75, 3.05) is 19.9 Å². The lowest BCUT2D eigenvalue weighted by Gasteiger charge is -2.45. The Morgan fingerprint density at radius 1 is 1.10 bits per heavy atom. The van der Waals surface area contributed by atoms with Crippen LogP contribution >= 0.6 is 0 Å². The van der Waals surface area contributed by atoms with Gasteiger partial charge in [0.1, 0.15) is 0 Å². The molecule has 1 fully saturated rings.